The molecule has 1 N–H and O–H groups in total. The average Bonchev–Trinajstić information content (AvgIpc) is 2.91. The summed E-state index contributed by atoms with van der Waals surface area (Å²) in [5.74, 6) is -1.26. The first-order valence-corrected chi connectivity index (χ1v) is 12.0. The Morgan fingerprint density at radius 2 is 1.92 bits per heavy atom. The first kappa shape index (κ1) is 23.4. The molecule has 0 bridgehead atoms. The zero-order valence-electron chi connectivity index (χ0n) is 19.9. The summed E-state index contributed by atoms with van der Waals surface area (Å²) in [5, 5.41) is 21.5. The van der Waals surface area contributed by atoms with Crippen LogP contribution in [-0.4, -0.2) is 59.1 Å². The van der Waals surface area contributed by atoms with Gasteiger partial charge < -0.3 is 19.8 Å². The van der Waals surface area contributed by atoms with Gasteiger partial charge >= 0.3 is 5.97 Å². The number of rotatable bonds is 5. The number of hydrogen-bond acceptors (Lipinski definition) is 6. The van der Waals surface area contributed by atoms with Gasteiger partial charge in [-0.05, 0) is 30.0 Å². The van der Waals surface area contributed by atoms with E-state index < -0.39 is 5.97 Å². The van der Waals surface area contributed by atoms with Gasteiger partial charge in [0.2, 0.25) is 5.91 Å². The molecule has 182 valence electrons. The highest BCUT2D eigenvalue weighted by molar-refractivity contribution is 5.94. The predicted octanol–water partition coefficient (Wildman–Crippen LogP) is 3.61. The molecule has 36 heavy (non-hydrogen) atoms. The molecule has 3 aromatic rings. The summed E-state index contributed by atoms with van der Waals surface area (Å²) in [7, 11) is 0. The maximum absolute atomic E-state index is 12.3. The third kappa shape index (κ3) is 4.24. The Morgan fingerprint density at radius 3 is 2.69 bits per heavy atom. The molecule has 1 atom stereocenters. The number of piperazine rings is 1. The van der Waals surface area contributed by atoms with E-state index in [2.05, 4.69) is 51.7 Å². The molecule has 0 saturated carbocycles. The van der Waals surface area contributed by atoms with Crippen molar-refractivity contribution in [2.24, 2.45) is 0 Å². The van der Waals surface area contributed by atoms with Crippen LogP contribution in [0.2, 0.25) is 0 Å². The second-order valence-corrected chi connectivity index (χ2v) is 9.12. The van der Waals surface area contributed by atoms with Crippen LogP contribution in [0.25, 0.3) is 10.8 Å². The number of fused-ring (bicyclic) bond motifs is 2. The molecular weight excluding hydrogens is 454 g/mol. The lowest BCUT2D eigenvalue weighted by atomic mass is 9.98. The van der Waals surface area contributed by atoms with Gasteiger partial charge in [-0.2, -0.15) is 5.26 Å². The predicted molar refractivity (Wildman–Crippen MR) is 138 cm³/mol. The molecule has 0 radical (unpaired) electrons. The molecule has 8 nitrogen and oxygen atoms in total. The van der Waals surface area contributed by atoms with Gasteiger partial charge in [-0.3, -0.25) is 4.79 Å². The molecule has 8 heteroatoms. The largest absolute Gasteiger partial charge is 0.477 e. The van der Waals surface area contributed by atoms with E-state index in [1.807, 2.05) is 18.2 Å². The van der Waals surface area contributed by atoms with E-state index >= 15 is 0 Å². The third-order valence-corrected chi connectivity index (χ3v) is 7.09. The number of carboxylic acid groups (broad SMARTS) is 1. The van der Waals surface area contributed by atoms with Gasteiger partial charge in [0, 0.05) is 48.5 Å². The quantitative estimate of drug-likeness (QED) is 0.556. The summed E-state index contributed by atoms with van der Waals surface area (Å²) in [6, 6.07) is 18.0. The van der Waals surface area contributed by atoms with E-state index in [9.17, 15) is 20.0 Å². The molecule has 0 aliphatic carbocycles. The number of amides is 1. The minimum Gasteiger partial charge on any atom is -0.477 e. The molecule has 0 spiro atoms. The van der Waals surface area contributed by atoms with Gasteiger partial charge in [-0.25, -0.2) is 9.78 Å². The third-order valence-electron chi connectivity index (χ3n) is 7.09. The fourth-order valence-electron chi connectivity index (χ4n) is 5.36. The number of nitrogens with zero attached hydrogens (tertiary/aromatic N) is 5. The maximum atomic E-state index is 12.3. The number of anilines is 2. The van der Waals surface area contributed by atoms with E-state index in [1.165, 1.54) is 6.08 Å². The van der Waals surface area contributed by atoms with Crippen molar-refractivity contribution in [3.05, 3.63) is 78.1 Å². The molecule has 1 fully saturated rings. The minimum atomic E-state index is -1.07. The smallest absolute Gasteiger partial charge is 0.354 e. The molecular formula is C28H27N5O3. The van der Waals surface area contributed by atoms with Crippen molar-refractivity contribution in [2.45, 2.75) is 25.4 Å². The monoisotopic (exact) mass is 481 g/mol. The van der Waals surface area contributed by atoms with Crippen LogP contribution in [0.15, 0.2) is 61.2 Å². The van der Waals surface area contributed by atoms with Crippen molar-refractivity contribution in [3.63, 3.8) is 0 Å². The number of aromatic nitrogens is 1. The molecule has 0 unspecified atom stereocenters. The van der Waals surface area contributed by atoms with Crippen LogP contribution in [-0.2, 0) is 17.8 Å². The molecule has 1 saturated heterocycles. The summed E-state index contributed by atoms with van der Waals surface area (Å²) in [4.78, 5) is 34.9. The molecule has 2 aromatic carbocycles. The molecule has 2 aliphatic rings. The summed E-state index contributed by atoms with van der Waals surface area (Å²) in [5.41, 5.74) is 3.74. The van der Waals surface area contributed by atoms with E-state index in [4.69, 9.17) is 0 Å². The van der Waals surface area contributed by atoms with Crippen molar-refractivity contribution in [1.82, 2.24) is 9.88 Å². The van der Waals surface area contributed by atoms with Crippen LogP contribution in [0.1, 0.15) is 28.2 Å². The fourth-order valence-corrected chi connectivity index (χ4v) is 5.36. The van der Waals surface area contributed by atoms with Crippen LogP contribution in [0.5, 0.6) is 0 Å². The lowest BCUT2D eigenvalue weighted by Gasteiger charge is -2.43. The highest BCUT2D eigenvalue weighted by atomic mass is 16.4. The highest BCUT2D eigenvalue weighted by Crippen LogP contribution is 2.35. The highest BCUT2D eigenvalue weighted by Gasteiger charge is 2.32. The van der Waals surface area contributed by atoms with E-state index in [0.717, 1.165) is 46.4 Å². The number of hydrogen-bond donors (Lipinski definition) is 1. The zero-order chi connectivity index (χ0) is 25.2. The number of carboxylic acids is 1. The normalized spacial score (nSPS) is 17.4. The van der Waals surface area contributed by atoms with Gasteiger partial charge in [0.1, 0.15) is 0 Å². The molecule has 2 aliphatic heterocycles. The summed E-state index contributed by atoms with van der Waals surface area (Å²) in [6.45, 7) is 6.31. The summed E-state index contributed by atoms with van der Waals surface area (Å²) < 4.78 is 0. The van der Waals surface area contributed by atoms with Crippen LogP contribution >= 0.6 is 0 Å². The van der Waals surface area contributed by atoms with E-state index in [0.29, 0.717) is 26.2 Å². The standard InChI is InChI=1S/C28H27N5O3/c1-2-27(34)33-15-14-32(17-20(33)10-12-29)26-16-23(28(35)36)30-24-18-31(13-11-22(24)26)25-9-5-7-19-6-3-4-8-21(19)25/h2-9,16,20H,1,10-11,13-15,17-18H2,(H,35,36)/t20-/m0/s1. The van der Waals surface area contributed by atoms with Crippen molar-refractivity contribution in [3.8, 4) is 6.07 Å². The minimum absolute atomic E-state index is 0.00458. The second kappa shape index (κ2) is 9.70. The number of pyridine rings is 1. The average molecular weight is 482 g/mol. The van der Waals surface area contributed by atoms with Gasteiger partial charge in [0.25, 0.3) is 0 Å². The Balaban J connectivity index is 1.50. The molecule has 1 aromatic heterocycles. The van der Waals surface area contributed by atoms with Crippen molar-refractivity contribution < 1.29 is 14.7 Å². The zero-order valence-corrected chi connectivity index (χ0v) is 19.9. The van der Waals surface area contributed by atoms with E-state index in [1.54, 1.807) is 11.0 Å². The van der Waals surface area contributed by atoms with Crippen LogP contribution < -0.4 is 9.80 Å². The van der Waals surface area contributed by atoms with Crippen molar-refractivity contribution in [2.75, 3.05) is 36.0 Å². The Hall–Kier alpha value is -4.38. The Bertz CT molecular complexity index is 1390. The number of aromatic carboxylic acids is 1. The van der Waals surface area contributed by atoms with Crippen LogP contribution in [0, 0.1) is 11.3 Å². The Kier molecular flexibility index (Phi) is 6.30. The topological polar surface area (TPSA) is 101 Å². The summed E-state index contributed by atoms with van der Waals surface area (Å²) in [6.07, 6.45) is 2.19. The van der Waals surface area contributed by atoms with Crippen molar-refractivity contribution in [1.29, 1.82) is 5.26 Å². The SMILES string of the molecule is C=CC(=O)N1CCN(c2cc(C(=O)O)nc3c2CCN(c2cccc4ccccc24)C3)C[C@@H]1CC#N. The van der Waals surface area contributed by atoms with Gasteiger partial charge in [0.05, 0.1) is 30.8 Å². The van der Waals surface area contributed by atoms with Gasteiger partial charge in [0.15, 0.2) is 5.69 Å². The summed E-state index contributed by atoms with van der Waals surface area (Å²) >= 11 is 0. The van der Waals surface area contributed by atoms with Gasteiger partial charge in [-0.1, -0.05) is 43.0 Å². The maximum Gasteiger partial charge on any atom is 0.354 e. The van der Waals surface area contributed by atoms with Crippen molar-refractivity contribution >= 4 is 34.0 Å². The van der Waals surface area contributed by atoms with Crippen LogP contribution in [0.3, 0.4) is 0 Å². The fraction of sp³-hybridized carbons (Fsp3) is 0.286. The number of carbonyl (C=O) groups excluding carboxylic acids is 1. The van der Waals surface area contributed by atoms with Crippen LogP contribution in [0.4, 0.5) is 11.4 Å². The second-order valence-electron chi connectivity index (χ2n) is 9.12. The lowest BCUT2D eigenvalue weighted by molar-refractivity contribution is -0.128. The molecule has 1 amide bonds. The lowest BCUT2D eigenvalue weighted by Crippen LogP contribution is -2.55. The number of carbonyl (C=O) groups is 2. The Morgan fingerprint density at radius 1 is 1.11 bits per heavy atom. The number of nitriles is 1. The van der Waals surface area contributed by atoms with E-state index in [-0.39, 0.29) is 24.1 Å². The first-order valence-electron chi connectivity index (χ1n) is 12.0. The Labute approximate surface area is 209 Å². The molecule has 5 rings (SSSR count). The first-order chi connectivity index (χ1) is 17.5. The van der Waals surface area contributed by atoms with Gasteiger partial charge in [-0.15, -0.1) is 0 Å². The molecule has 3 heterocycles. The number of benzene rings is 2.